The van der Waals surface area contributed by atoms with Crippen LogP contribution < -0.4 is 5.32 Å². The minimum atomic E-state index is -0.722. The molecule has 0 aromatic heterocycles. The van der Waals surface area contributed by atoms with Crippen molar-refractivity contribution in [3.63, 3.8) is 0 Å². The van der Waals surface area contributed by atoms with Gasteiger partial charge in [-0.05, 0) is 46.4 Å². The molecular formula is C29H27NO2. The van der Waals surface area contributed by atoms with Gasteiger partial charge in [-0.15, -0.1) is 6.58 Å². The Kier molecular flexibility index (Phi) is 6.78. The number of amides is 1. The zero-order valence-electron chi connectivity index (χ0n) is 17.9. The number of rotatable bonds is 8. The summed E-state index contributed by atoms with van der Waals surface area (Å²) in [6.07, 6.45) is 1.89. The number of nitrogens with one attached hydrogen (secondary N) is 1. The minimum Gasteiger partial charge on any atom is -0.391 e. The third-order valence-corrected chi connectivity index (χ3v) is 5.74. The molecule has 0 aliphatic rings. The summed E-state index contributed by atoms with van der Waals surface area (Å²) < 4.78 is 0. The number of hydrogen-bond acceptors (Lipinski definition) is 2. The van der Waals surface area contributed by atoms with Gasteiger partial charge in [-0.1, -0.05) is 97.1 Å². The van der Waals surface area contributed by atoms with Gasteiger partial charge in [0.25, 0.3) is 5.91 Å². The second-order valence-corrected chi connectivity index (χ2v) is 7.97. The molecule has 0 spiro atoms. The number of aliphatic hydroxyl groups is 1. The molecular weight excluding hydrogens is 394 g/mol. The average Bonchev–Trinajstić information content (AvgIpc) is 2.84. The number of carbonyl (C=O) groups excluding carboxylic acids is 1. The van der Waals surface area contributed by atoms with Crippen molar-refractivity contribution in [2.75, 3.05) is 0 Å². The largest absolute Gasteiger partial charge is 0.391 e. The summed E-state index contributed by atoms with van der Waals surface area (Å²) >= 11 is 0. The summed E-state index contributed by atoms with van der Waals surface area (Å²) in [7, 11) is 0. The van der Waals surface area contributed by atoms with Crippen LogP contribution in [0.1, 0.15) is 22.3 Å². The Morgan fingerprint density at radius 2 is 1.50 bits per heavy atom. The molecule has 0 fully saturated rings. The smallest absolute Gasteiger partial charge is 0.252 e. The van der Waals surface area contributed by atoms with Crippen molar-refractivity contribution in [1.82, 2.24) is 5.32 Å². The SMILES string of the molecule is C=CCC(O)[C@H](Cc1ccc(-c2ccccc2)cc1)NC(=O)c1cccc2ccccc12. The van der Waals surface area contributed by atoms with Gasteiger partial charge in [-0.3, -0.25) is 4.79 Å². The van der Waals surface area contributed by atoms with Crippen molar-refractivity contribution >= 4 is 16.7 Å². The number of fused-ring (bicyclic) bond motifs is 1. The first-order valence-electron chi connectivity index (χ1n) is 10.9. The zero-order valence-corrected chi connectivity index (χ0v) is 17.9. The summed E-state index contributed by atoms with van der Waals surface area (Å²) in [6, 6.07) is 31.6. The van der Waals surface area contributed by atoms with Crippen LogP contribution in [0.5, 0.6) is 0 Å². The van der Waals surface area contributed by atoms with Crippen LogP contribution in [0.4, 0.5) is 0 Å². The van der Waals surface area contributed by atoms with E-state index in [0.717, 1.165) is 27.5 Å². The molecule has 4 aromatic rings. The average molecular weight is 422 g/mol. The van der Waals surface area contributed by atoms with Gasteiger partial charge in [0.2, 0.25) is 0 Å². The van der Waals surface area contributed by atoms with Crippen LogP contribution in [-0.4, -0.2) is 23.2 Å². The van der Waals surface area contributed by atoms with E-state index in [1.54, 1.807) is 6.08 Å². The molecule has 0 aliphatic heterocycles. The Hall–Kier alpha value is -3.69. The van der Waals surface area contributed by atoms with E-state index >= 15 is 0 Å². The highest BCUT2D eigenvalue weighted by Crippen LogP contribution is 2.22. The van der Waals surface area contributed by atoms with Crippen molar-refractivity contribution in [1.29, 1.82) is 0 Å². The maximum atomic E-state index is 13.2. The van der Waals surface area contributed by atoms with Gasteiger partial charge in [0.1, 0.15) is 0 Å². The van der Waals surface area contributed by atoms with Crippen LogP contribution >= 0.6 is 0 Å². The maximum Gasteiger partial charge on any atom is 0.252 e. The van der Waals surface area contributed by atoms with E-state index < -0.39 is 12.1 Å². The van der Waals surface area contributed by atoms with Gasteiger partial charge >= 0.3 is 0 Å². The van der Waals surface area contributed by atoms with Crippen molar-refractivity contribution < 1.29 is 9.90 Å². The standard InChI is InChI=1S/C29H27NO2/c1-2-9-28(31)27(20-21-16-18-23(19-17-21)22-10-4-3-5-11-22)30-29(32)26-15-8-13-24-12-6-7-14-25(24)26/h2-8,10-19,27-28,31H,1,9,20H2,(H,30,32)/t27-,28?/m0/s1. The Bertz CT molecular complexity index is 1190. The van der Waals surface area contributed by atoms with E-state index in [-0.39, 0.29) is 5.91 Å². The van der Waals surface area contributed by atoms with Crippen LogP contribution in [-0.2, 0) is 6.42 Å². The minimum absolute atomic E-state index is 0.184. The van der Waals surface area contributed by atoms with Crippen LogP contribution in [0.3, 0.4) is 0 Å². The molecule has 1 amide bonds. The van der Waals surface area contributed by atoms with Crippen molar-refractivity contribution in [2.45, 2.75) is 25.0 Å². The predicted molar refractivity (Wildman–Crippen MR) is 132 cm³/mol. The van der Waals surface area contributed by atoms with E-state index in [4.69, 9.17) is 0 Å². The van der Waals surface area contributed by atoms with Gasteiger partial charge < -0.3 is 10.4 Å². The Morgan fingerprint density at radius 1 is 0.844 bits per heavy atom. The summed E-state index contributed by atoms with van der Waals surface area (Å²) in [6.45, 7) is 3.74. The van der Waals surface area contributed by atoms with Crippen LogP contribution in [0.2, 0.25) is 0 Å². The van der Waals surface area contributed by atoms with Crippen molar-refractivity contribution in [3.8, 4) is 11.1 Å². The Balaban J connectivity index is 1.55. The third-order valence-electron chi connectivity index (χ3n) is 5.74. The number of carbonyl (C=O) groups is 1. The second-order valence-electron chi connectivity index (χ2n) is 7.97. The van der Waals surface area contributed by atoms with E-state index in [1.807, 2.05) is 60.7 Å². The first-order chi connectivity index (χ1) is 15.7. The van der Waals surface area contributed by atoms with Crippen LogP contribution in [0, 0.1) is 0 Å². The molecule has 0 heterocycles. The predicted octanol–water partition coefficient (Wildman–Crippen LogP) is 5.78. The Labute approximate surface area is 189 Å². The molecule has 0 aliphatic carbocycles. The fraction of sp³-hybridized carbons (Fsp3) is 0.138. The molecule has 3 nitrogen and oxygen atoms in total. The number of hydrogen-bond donors (Lipinski definition) is 2. The number of benzene rings is 4. The molecule has 1 unspecified atom stereocenters. The molecule has 0 saturated heterocycles. The van der Waals surface area contributed by atoms with Gasteiger partial charge in [0.15, 0.2) is 0 Å². The molecule has 0 bridgehead atoms. The van der Waals surface area contributed by atoms with E-state index in [1.165, 1.54) is 0 Å². The van der Waals surface area contributed by atoms with E-state index in [9.17, 15) is 9.90 Å². The van der Waals surface area contributed by atoms with Crippen LogP contribution in [0.15, 0.2) is 110 Å². The first-order valence-corrected chi connectivity index (χ1v) is 10.9. The van der Waals surface area contributed by atoms with E-state index in [0.29, 0.717) is 18.4 Å². The third kappa shape index (κ3) is 4.96. The quantitative estimate of drug-likeness (QED) is 0.354. The Morgan fingerprint density at radius 3 is 2.25 bits per heavy atom. The maximum absolute atomic E-state index is 13.2. The molecule has 4 aromatic carbocycles. The molecule has 2 N–H and O–H groups in total. The molecule has 3 heteroatoms. The van der Waals surface area contributed by atoms with Gasteiger partial charge in [0, 0.05) is 5.56 Å². The highest BCUT2D eigenvalue weighted by molar-refractivity contribution is 6.07. The van der Waals surface area contributed by atoms with Gasteiger partial charge in [0.05, 0.1) is 12.1 Å². The molecule has 32 heavy (non-hydrogen) atoms. The van der Waals surface area contributed by atoms with E-state index in [2.05, 4.69) is 48.3 Å². The molecule has 0 saturated carbocycles. The second kappa shape index (κ2) is 10.1. The van der Waals surface area contributed by atoms with Crippen molar-refractivity contribution in [3.05, 3.63) is 121 Å². The lowest BCUT2D eigenvalue weighted by atomic mass is 9.96. The zero-order chi connectivity index (χ0) is 22.3. The molecule has 2 atom stereocenters. The first kappa shape index (κ1) is 21.5. The summed E-state index contributed by atoms with van der Waals surface area (Å²) in [5.41, 5.74) is 3.96. The van der Waals surface area contributed by atoms with Gasteiger partial charge in [-0.25, -0.2) is 0 Å². The summed E-state index contributed by atoms with van der Waals surface area (Å²) in [4.78, 5) is 13.2. The summed E-state index contributed by atoms with van der Waals surface area (Å²) in [5, 5.41) is 15.7. The fourth-order valence-corrected chi connectivity index (χ4v) is 4.01. The fourth-order valence-electron chi connectivity index (χ4n) is 4.01. The molecule has 4 rings (SSSR count). The highest BCUT2D eigenvalue weighted by atomic mass is 16.3. The lowest BCUT2D eigenvalue weighted by Crippen LogP contribution is -2.44. The lowest BCUT2D eigenvalue weighted by molar-refractivity contribution is 0.0838. The van der Waals surface area contributed by atoms with Crippen molar-refractivity contribution in [2.24, 2.45) is 0 Å². The molecule has 160 valence electrons. The highest BCUT2D eigenvalue weighted by Gasteiger charge is 2.22. The van der Waals surface area contributed by atoms with Crippen LogP contribution in [0.25, 0.3) is 21.9 Å². The van der Waals surface area contributed by atoms with Gasteiger partial charge in [-0.2, -0.15) is 0 Å². The monoisotopic (exact) mass is 421 g/mol. The topological polar surface area (TPSA) is 49.3 Å². The number of aliphatic hydroxyl groups excluding tert-OH is 1. The molecule has 0 radical (unpaired) electrons. The normalized spacial score (nSPS) is 12.8. The summed E-state index contributed by atoms with van der Waals surface area (Å²) in [5.74, 6) is -0.184. The lowest BCUT2D eigenvalue weighted by Gasteiger charge is -2.24.